The topological polar surface area (TPSA) is 12.0 Å². The van der Waals surface area contributed by atoms with Crippen LogP contribution in [0.5, 0.6) is 0 Å². The Morgan fingerprint density at radius 1 is 1.06 bits per heavy atom. The first-order valence-electron chi connectivity index (χ1n) is 6.42. The van der Waals surface area contributed by atoms with E-state index in [4.69, 9.17) is 0 Å². The number of hydrogen-bond acceptors (Lipinski definition) is 2. The van der Waals surface area contributed by atoms with Crippen LogP contribution in [0.2, 0.25) is 0 Å². The Kier molecular flexibility index (Phi) is 4.07. The zero-order valence-electron chi connectivity index (χ0n) is 11.4. The molecule has 0 atom stereocenters. The summed E-state index contributed by atoms with van der Waals surface area (Å²) in [7, 11) is 0. The van der Waals surface area contributed by atoms with Crippen molar-refractivity contribution in [2.75, 3.05) is 11.9 Å². The summed E-state index contributed by atoms with van der Waals surface area (Å²) in [6.07, 6.45) is 1.10. The molecule has 0 amide bonds. The van der Waals surface area contributed by atoms with Crippen LogP contribution < -0.4 is 5.32 Å². The first kappa shape index (κ1) is 13.2. The van der Waals surface area contributed by atoms with Gasteiger partial charge in [0, 0.05) is 17.1 Å². The van der Waals surface area contributed by atoms with E-state index in [9.17, 15) is 0 Å². The molecule has 0 saturated carbocycles. The van der Waals surface area contributed by atoms with Gasteiger partial charge in [0.25, 0.3) is 0 Å². The normalized spacial score (nSPS) is 11.5. The number of benzene rings is 1. The van der Waals surface area contributed by atoms with Gasteiger partial charge in [0.1, 0.15) is 0 Å². The van der Waals surface area contributed by atoms with Gasteiger partial charge in [-0.1, -0.05) is 39.0 Å². The molecule has 2 rings (SSSR count). The van der Waals surface area contributed by atoms with E-state index >= 15 is 0 Å². The predicted molar refractivity (Wildman–Crippen MR) is 81.7 cm³/mol. The third kappa shape index (κ3) is 3.61. The molecule has 0 aliphatic heterocycles. The minimum absolute atomic E-state index is 0.232. The van der Waals surface area contributed by atoms with Crippen LogP contribution in [-0.2, 0) is 11.8 Å². The molecule has 2 heteroatoms. The van der Waals surface area contributed by atoms with Crippen LogP contribution in [0, 0.1) is 0 Å². The van der Waals surface area contributed by atoms with Gasteiger partial charge in [0.2, 0.25) is 0 Å². The van der Waals surface area contributed by atoms with Crippen molar-refractivity contribution in [2.24, 2.45) is 0 Å². The minimum Gasteiger partial charge on any atom is -0.385 e. The van der Waals surface area contributed by atoms with Crippen LogP contribution in [0.1, 0.15) is 31.2 Å². The molecule has 0 saturated heterocycles. The number of nitrogens with one attached hydrogen (secondary N) is 1. The number of rotatable bonds is 4. The molecule has 1 aromatic carbocycles. The van der Waals surface area contributed by atoms with Crippen LogP contribution in [-0.4, -0.2) is 6.54 Å². The fourth-order valence-corrected chi connectivity index (χ4v) is 2.58. The molecule has 0 unspecified atom stereocenters. The molecule has 96 valence electrons. The fraction of sp³-hybridized carbons (Fsp3) is 0.375. The number of hydrogen-bond donors (Lipinski definition) is 1. The van der Waals surface area contributed by atoms with Gasteiger partial charge in [-0.15, -0.1) is 11.3 Å². The molecule has 1 N–H and O–H groups in total. The lowest BCUT2D eigenvalue weighted by molar-refractivity contribution is 0.590. The quantitative estimate of drug-likeness (QED) is 0.839. The summed E-state index contributed by atoms with van der Waals surface area (Å²) in [5.74, 6) is 0. The zero-order valence-corrected chi connectivity index (χ0v) is 12.2. The Balaban J connectivity index is 1.87. The number of anilines is 1. The van der Waals surface area contributed by atoms with Crippen molar-refractivity contribution in [3.05, 3.63) is 52.2 Å². The second-order valence-corrected chi connectivity index (χ2v) is 6.62. The van der Waals surface area contributed by atoms with Crippen molar-refractivity contribution in [1.82, 2.24) is 0 Å². The van der Waals surface area contributed by atoms with E-state index in [0.29, 0.717) is 0 Å². The maximum Gasteiger partial charge on any atom is 0.0340 e. The maximum absolute atomic E-state index is 3.47. The average Bonchev–Trinajstić information content (AvgIpc) is 2.82. The molecule has 18 heavy (non-hydrogen) atoms. The van der Waals surface area contributed by atoms with E-state index in [1.165, 1.54) is 16.1 Å². The fourth-order valence-electron chi connectivity index (χ4n) is 1.87. The summed E-state index contributed by atoms with van der Waals surface area (Å²) in [5.41, 5.74) is 2.82. The Bertz CT molecular complexity index is 463. The van der Waals surface area contributed by atoms with Gasteiger partial charge in [0.15, 0.2) is 0 Å². The highest BCUT2D eigenvalue weighted by Crippen LogP contribution is 2.23. The average molecular weight is 259 g/mol. The van der Waals surface area contributed by atoms with Crippen LogP contribution in [0.4, 0.5) is 5.69 Å². The van der Waals surface area contributed by atoms with E-state index in [-0.39, 0.29) is 5.41 Å². The van der Waals surface area contributed by atoms with Crippen molar-refractivity contribution in [2.45, 2.75) is 32.6 Å². The van der Waals surface area contributed by atoms with Gasteiger partial charge in [-0.2, -0.15) is 0 Å². The molecule has 0 aliphatic rings. The lowest BCUT2D eigenvalue weighted by Crippen LogP contribution is -2.11. The lowest BCUT2D eigenvalue weighted by atomic mass is 9.87. The van der Waals surface area contributed by atoms with E-state index in [0.717, 1.165) is 13.0 Å². The molecule has 2 aromatic rings. The van der Waals surface area contributed by atoms with Crippen molar-refractivity contribution in [1.29, 1.82) is 0 Å². The lowest BCUT2D eigenvalue weighted by Gasteiger charge is -2.19. The molecule has 1 aromatic heterocycles. The molecule has 0 bridgehead atoms. The Morgan fingerprint density at radius 2 is 1.78 bits per heavy atom. The van der Waals surface area contributed by atoms with Gasteiger partial charge in [-0.3, -0.25) is 0 Å². The van der Waals surface area contributed by atoms with Gasteiger partial charge < -0.3 is 5.32 Å². The largest absolute Gasteiger partial charge is 0.385 e. The van der Waals surface area contributed by atoms with Crippen molar-refractivity contribution in [3.63, 3.8) is 0 Å². The first-order chi connectivity index (χ1) is 8.55. The van der Waals surface area contributed by atoms with Crippen LogP contribution in [0.25, 0.3) is 0 Å². The summed E-state index contributed by atoms with van der Waals surface area (Å²) in [6, 6.07) is 13.1. The standard InChI is InChI=1S/C16H21NS/c1-16(2,3)13-6-8-14(9-7-13)17-11-10-15-5-4-12-18-15/h4-9,12,17H,10-11H2,1-3H3. The van der Waals surface area contributed by atoms with Gasteiger partial charge in [-0.05, 0) is 41.0 Å². The molecule has 1 nitrogen and oxygen atoms in total. The Morgan fingerprint density at radius 3 is 2.33 bits per heavy atom. The van der Waals surface area contributed by atoms with Gasteiger partial charge in [-0.25, -0.2) is 0 Å². The van der Waals surface area contributed by atoms with Crippen LogP contribution >= 0.6 is 11.3 Å². The summed E-state index contributed by atoms with van der Waals surface area (Å²) < 4.78 is 0. The van der Waals surface area contributed by atoms with E-state index in [1.54, 1.807) is 0 Å². The van der Waals surface area contributed by atoms with E-state index in [2.05, 4.69) is 67.9 Å². The molecular weight excluding hydrogens is 238 g/mol. The second kappa shape index (κ2) is 5.57. The summed E-state index contributed by atoms with van der Waals surface area (Å²) in [5, 5.41) is 5.60. The monoisotopic (exact) mass is 259 g/mol. The van der Waals surface area contributed by atoms with Crippen LogP contribution in [0.3, 0.4) is 0 Å². The van der Waals surface area contributed by atoms with Crippen LogP contribution in [0.15, 0.2) is 41.8 Å². The number of thiophene rings is 1. The molecule has 0 fully saturated rings. The third-order valence-electron chi connectivity index (χ3n) is 3.03. The van der Waals surface area contributed by atoms with E-state index < -0.39 is 0 Å². The van der Waals surface area contributed by atoms with Crippen molar-refractivity contribution >= 4 is 17.0 Å². The summed E-state index contributed by atoms with van der Waals surface area (Å²) in [4.78, 5) is 1.44. The molecule has 0 spiro atoms. The molecule has 0 radical (unpaired) electrons. The minimum atomic E-state index is 0.232. The Hall–Kier alpha value is -1.28. The van der Waals surface area contributed by atoms with Crippen molar-refractivity contribution < 1.29 is 0 Å². The maximum atomic E-state index is 3.47. The predicted octanol–water partition coefficient (Wildman–Crippen LogP) is 4.70. The highest BCUT2D eigenvalue weighted by atomic mass is 32.1. The molecular formula is C16H21NS. The van der Waals surface area contributed by atoms with Crippen molar-refractivity contribution in [3.8, 4) is 0 Å². The Labute approximate surface area is 114 Å². The first-order valence-corrected chi connectivity index (χ1v) is 7.30. The third-order valence-corrected chi connectivity index (χ3v) is 3.97. The van der Waals surface area contributed by atoms with E-state index in [1.807, 2.05) is 11.3 Å². The zero-order chi connectivity index (χ0) is 13.0. The van der Waals surface area contributed by atoms with Gasteiger partial charge >= 0.3 is 0 Å². The highest BCUT2D eigenvalue weighted by molar-refractivity contribution is 7.09. The molecule has 0 aliphatic carbocycles. The highest BCUT2D eigenvalue weighted by Gasteiger charge is 2.12. The molecule has 1 heterocycles. The smallest absolute Gasteiger partial charge is 0.0340 e. The van der Waals surface area contributed by atoms with Gasteiger partial charge in [0.05, 0.1) is 0 Å². The second-order valence-electron chi connectivity index (χ2n) is 5.58. The SMILES string of the molecule is CC(C)(C)c1ccc(NCCc2cccs2)cc1. The summed E-state index contributed by atoms with van der Waals surface area (Å²) >= 11 is 1.82. The summed E-state index contributed by atoms with van der Waals surface area (Å²) in [6.45, 7) is 7.72.